The van der Waals surface area contributed by atoms with Crippen LogP contribution in [0, 0.1) is 6.92 Å². The third kappa shape index (κ3) is 4.22. The van der Waals surface area contributed by atoms with Gasteiger partial charge in [-0.15, -0.1) is 0 Å². The third-order valence-corrected chi connectivity index (χ3v) is 2.97. The predicted octanol–water partition coefficient (Wildman–Crippen LogP) is 0.744. The van der Waals surface area contributed by atoms with Gasteiger partial charge in [0.15, 0.2) is 0 Å². The van der Waals surface area contributed by atoms with Crippen LogP contribution in [0.1, 0.15) is 36.7 Å². The van der Waals surface area contributed by atoms with Crippen LogP contribution in [0.25, 0.3) is 0 Å². The van der Waals surface area contributed by atoms with Gasteiger partial charge in [0.05, 0.1) is 11.3 Å². The molecule has 0 bridgehead atoms. The number of carboxylic acids is 1. The summed E-state index contributed by atoms with van der Waals surface area (Å²) in [6.45, 7) is 6.70. The molecule has 0 radical (unpaired) electrons. The van der Waals surface area contributed by atoms with E-state index in [1.165, 1.54) is 13.1 Å². The van der Waals surface area contributed by atoms with E-state index in [1.54, 1.807) is 27.7 Å². The zero-order chi connectivity index (χ0) is 17.2. The van der Waals surface area contributed by atoms with Gasteiger partial charge in [0.2, 0.25) is 0 Å². The van der Waals surface area contributed by atoms with Crippen LogP contribution in [-0.2, 0) is 4.74 Å². The molecular weight excluding hydrogens is 289 g/mol. The highest BCUT2D eigenvalue weighted by atomic mass is 16.6. The first-order valence-corrected chi connectivity index (χ1v) is 6.64. The van der Waals surface area contributed by atoms with Gasteiger partial charge in [-0.2, -0.15) is 0 Å². The molecule has 22 heavy (non-hydrogen) atoms. The highest BCUT2D eigenvalue weighted by molar-refractivity contribution is 6.59. The van der Waals surface area contributed by atoms with Gasteiger partial charge in [-0.3, -0.25) is 4.90 Å². The van der Waals surface area contributed by atoms with Gasteiger partial charge in [0, 0.05) is 7.05 Å². The minimum Gasteiger partial charge on any atom is -0.478 e. The van der Waals surface area contributed by atoms with Crippen LogP contribution in [0.4, 0.5) is 10.5 Å². The van der Waals surface area contributed by atoms with Gasteiger partial charge >= 0.3 is 19.2 Å². The van der Waals surface area contributed by atoms with E-state index in [9.17, 15) is 19.6 Å². The fraction of sp³-hybridized carbons (Fsp3) is 0.429. The molecule has 1 rings (SSSR count). The van der Waals surface area contributed by atoms with E-state index in [2.05, 4.69) is 0 Å². The Morgan fingerprint density at radius 3 is 2.18 bits per heavy atom. The summed E-state index contributed by atoms with van der Waals surface area (Å²) in [5, 5.41) is 27.9. The van der Waals surface area contributed by atoms with Gasteiger partial charge < -0.3 is 19.9 Å². The molecule has 120 valence electrons. The second-order valence-electron chi connectivity index (χ2n) is 5.93. The number of ether oxygens (including phenoxy) is 1. The monoisotopic (exact) mass is 309 g/mol. The quantitative estimate of drug-likeness (QED) is 0.711. The second kappa shape index (κ2) is 6.37. The number of benzene rings is 1. The van der Waals surface area contributed by atoms with Crippen LogP contribution in [0.2, 0.25) is 0 Å². The molecule has 7 nitrogen and oxygen atoms in total. The molecule has 0 heterocycles. The molecule has 0 aromatic heterocycles. The molecule has 0 spiro atoms. The fourth-order valence-corrected chi connectivity index (χ4v) is 1.89. The van der Waals surface area contributed by atoms with Crippen molar-refractivity contribution in [3.8, 4) is 0 Å². The number of aromatic carboxylic acids is 1. The third-order valence-electron chi connectivity index (χ3n) is 2.97. The summed E-state index contributed by atoms with van der Waals surface area (Å²) in [4.78, 5) is 24.4. The molecule has 1 aromatic rings. The molecule has 0 saturated carbocycles. The largest absolute Gasteiger partial charge is 0.488 e. The molecule has 0 fully saturated rings. The van der Waals surface area contributed by atoms with E-state index < -0.39 is 24.8 Å². The number of nitrogens with zero attached hydrogens (tertiary/aromatic N) is 1. The van der Waals surface area contributed by atoms with Crippen molar-refractivity contribution in [2.24, 2.45) is 0 Å². The number of rotatable bonds is 3. The maximum absolute atomic E-state index is 12.1. The Hall–Kier alpha value is -2.06. The van der Waals surface area contributed by atoms with Crippen LogP contribution in [0.3, 0.4) is 0 Å². The Morgan fingerprint density at radius 1 is 1.23 bits per heavy atom. The van der Waals surface area contributed by atoms with Crippen molar-refractivity contribution in [1.29, 1.82) is 0 Å². The van der Waals surface area contributed by atoms with Crippen molar-refractivity contribution >= 4 is 30.3 Å². The standard InChI is InChI=1S/C14H20BNO6/c1-8-10(15(20)21)6-9(12(17)18)7-11(8)16(5)13(19)22-14(2,3)4/h6-7,20-21H,1-5H3,(H,17,18). The van der Waals surface area contributed by atoms with Crippen molar-refractivity contribution < 1.29 is 29.5 Å². The zero-order valence-corrected chi connectivity index (χ0v) is 13.2. The summed E-state index contributed by atoms with van der Waals surface area (Å²) in [7, 11) is -0.416. The summed E-state index contributed by atoms with van der Waals surface area (Å²) >= 11 is 0. The van der Waals surface area contributed by atoms with Gasteiger partial charge in [-0.1, -0.05) is 0 Å². The Labute approximate surface area is 129 Å². The summed E-state index contributed by atoms with van der Waals surface area (Å²) < 4.78 is 5.22. The minimum absolute atomic E-state index is 0.0188. The van der Waals surface area contributed by atoms with Gasteiger partial charge in [0.25, 0.3) is 0 Å². The topological polar surface area (TPSA) is 107 Å². The number of hydrogen-bond donors (Lipinski definition) is 3. The Morgan fingerprint density at radius 2 is 1.77 bits per heavy atom. The summed E-state index contributed by atoms with van der Waals surface area (Å²) in [5.74, 6) is -1.24. The van der Waals surface area contributed by atoms with Gasteiger partial charge in [-0.25, -0.2) is 9.59 Å². The molecular formula is C14H20BNO6. The first-order valence-electron chi connectivity index (χ1n) is 6.64. The van der Waals surface area contributed by atoms with Crippen molar-refractivity contribution in [1.82, 2.24) is 0 Å². The highest BCUT2D eigenvalue weighted by Gasteiger charge is 2.26. The highest BCUT2D eigenvalue weighted by Crippen LogP contribution is 2.22. The number of carbonyl (C=O) groups excluding carboxylic acids is 1. The van der Waals surface area contributed by atoms with Crippen molar-refractivity contribution in [3.05, 3.63) is 23.3 Å². The van der Waals surface area contributed by atoms with Crippen LogP contribution in [0.15, 0.2) is 12.1 Å². The van der Waals surface area contributed by atoms with E-state index >= 15 is 0 Å². The van der Waals surface area contributed by atoms with E-state index in [0.717, 1.165) is 11.0 Å². The summed E-state index contributed by atoms with van der Waals surface area (Å²) in [5.41, 5.74) is -0.224. The number of hydrogen-bond acceptors (Lipinski definition) is 5. The molecule has 0 aliphatic heterocycles. The lowest BCUT2D eigenvalue weighted by Crippen LogP contribution is -2.38. The number of carbonyl (C=O) groups is 2. The lowest BCUT2D eigenvalue weighted by molar-refractivity contribution is 0.0587. The summed E-state index contributed by atoms with van der Waals surface area (Å²) in [6, 6.07) is 2.45. The van der Waals surface area contributed by atoms with Gasteiger partial charge in [0.1, 0.15) is 5.60 Å². The lowest BCUT2D eigenvalue weighted by Gasteiger charge is -2.26. The maximum Gasteiger partial charge on any atom is 0.488 e. The van der Waals surface area contributed by atoms with E-state index in [1.807, 2.05) is 0 Å². The molecule has 3 N–H and O–H groups in total. The normalized spacial score (nSPS) is 11.0. The smallest absolute Gasteiger partial charge is 0.478 e. The molecule has 0 aliphatic rings. The second-order valence-corrected chi connectivity index (χ2v) is 5.93. The zero-order valence-electron chi connectivity index (χ0n) is 13.2. The van der Waals surface area contributed by atoms with E-state index in [0.29, 0.717) is 5.56 Å². The van der Waals surface area contributed by atoms with Gasteiger partial charge in [-0.05, 0) is 50.9 Å². The number of anilines is 1. The molecule has 8 heteroatoms. The van der Waals surface area contributed by atoms with Crippen LogP contribution in [-0.4, -0.2) is 47.0 Å². The molecule has 0 aliphatic carbocycles. The SMILES string of the molecule is Cc1c(B(O)O)cc(C(=O)O)cc1N(C)C(=O)OC(C)(C)C. The van der Waals surface area contributed by atoms with Crippen molar-refractivity contribution in [2.45, 2.75) is 33.3 Å². The van der Waals surface area contributed by atoms with E-state index in [4.69, 9.17) is 9.84 Å². The van der Waals surface area contributed by atoms with Crippen LogP contribution in [0.5, 0.6) is 0 Å². The molecule has 1 aromatic carbocycles. The number of carboxylic acid groups (broad SMARTS) is 1. The van der Waals surface area contributed by atoms with E-state index in [-0.39, 0.29) is 16.7 Å². The Bertz CT molecular complexity index is 594. The number of amides is 1. The Balaban J connectivity index is 3.33. The van der Waals surface area contributed by atoms with Crippen LogP contribution >= 0.6 is 0 Å². The predicted molar refractivity (Wildman–Crippen MR) is 82.6 cm³/mol. The van der Waals surface area contributed by atoms with Crippen molar-refractivity contribution in [2.75, 3.05) is 11.9 Å². The van der Waals surface area contributed by atoms with Crippen molar-refractivity contribution in [3.63, 3.8) is 0 Å². The lowest BCUT2D eigenvalue weighted by atomic mass is 9.76. The molecule has 0 unspecified atom stereocenters. The Kier molecular flexibility index (Phi) is 5.21. The summed E-state index contributed by atoms with van der Waals surface area (Å²) in [6.07, 6.45) is -0.670. The maximum atomic E-state index is 12.1. The fourth-order valence-electron chi connectivity index (χ4n) is 1.89. The average molecular weight is 309 g/mol. The first-order chi connectivity index (χ1) is 9.94. The first kappa shape index (κ1) is 18.0. The average Bonchev–Trinajstić information content (AvgIpc) is 2.35. The molecule has 0 atom stereocenters. The molecule has 0 saturated heterocycles. The molecule has 1 amide bonds. The minimum atomic E-state index is -1.84. The van der Waals surface area contributed by atoms with Crippen LogP contribution < -0.4 is 10.4 Å².